The van der Waals surface area contributed by atoms with Crippen LogP contribution in [0.1, 0.15) is 65.7 Å². The van der Waals surface area contributed by atoms with Crippen LogP contribution in [0.3, 0.4) is 0 Å². The van der Waals surface area contributed by atoms with E-state index in [4.69, 9.17) is 9.47 Å². The van der Waals surface area contributed by atoms with E-state index in [2.05, 4.69) is 88.7 Å². The Bertz CT molecular complexity index is 4160. The number of fused-ring (bicyclic) bond motifs is 4. The Kier molecular flexibility index (Phi) is 14.8. The van der Waals surface area contributed by atoms with Gasteiger partial charge in [0.15, 0.2) is 30.2 Å². The van der Waals surface area contributed by atoms with Crippen molar-refractivity contribution in [3.63, 3.8) is 0 Å². The van der Waals surface area contributed by atoms with Crippen molar-refractivity contribution >= 4 is 100 Å². The van der Waals surface area contributed by atoms with Crippen molar-refractivity contribution in [2.24, 2.45) is 0 Å². The van der Waals surface area contributed by atoms with Crippen LogP contribution in [0, 0.1) is 27.7 Å². The van der Waals surface area contributed by atoms with Crippen molar-refractivity contribution < 1.29 is 45.3 Å². The number of benzene rings is 7. The van der Waals surface area contributed by atoms with Gasteiger partial charge in [-0.3, -0.25) is 9.59 Å². The van der Waals surface area contributed by atoms with E-state index in [0.29, 0.717) is 90.9 Å². The van der Waals surface area contributed by atoms with Gasteiger partial charge in [-0.05, 0) is 150 Å². The molecule has 7 aromatic carbocycles. The number of carbonyl (C=O) groups is 2. The SMILES string of the molecule is Cc1cc(C)n2c1C=C1C(c3ccc(OCBr)cc3)=C(C(=O)c3ccccc3)C=[N+]1[B-]2(F)F.Cc1cc(C)n2c1C=C1C(c3ccc(OC[P+](c4ccccc4)(c4ccccc4)c4ccccc4)cc3)=C(C(=O)c3ccccc3)C=[N+]1[B-]2(F)F. The molecule has 0 unspecified atom stereocenters. The third-order valence-electron chi connectivity index (χ3n) is 16.0. The Balaban J connectivity index is 0.000000181. The number of ether oxygens (including phenoxy) is 2. The number of Topliss-reactive ketones (excluding diaryl/α,β-unsaturated/α-hetero) is 2. The summed E-state index contributed by atoms with van der Waals surface area (Å²) in [7, 11) is -2.26. The van der Waals surface area contributed by atoms with E-state index in [1.54, 1.807) is 111 Å². The molecule has 8 nitrogen and oxygen atoms in total. The van der Waals surface area contributed by atoms with Crippen molar-refractivity contribution in [1.82, 2.24) is 8.96 Å². The molecule has 0 radical (unpaired) electrons. The first-order valence-corrected chi connectivity index (χ1v) is 30.6. The van der Waals surface area contributed by atoms with E-state index in [9.17, 15) is 9.59 Å². The highest BCUT2D eigenvalue weighted by atomic mass is 79.9. The smallest absolute Gasteiger partial charge is 0.482 e. The summed E-state index contributed by atoms with van der Waals surface area (Å²) in [4.78, 5) is 27.5. The zero-order chi connectivity index (χ0) is 58.5. The molecule has 6 heterocycles. The molecule has 13 rings (SSSR count). The minimum Gasteiger partial charge on any atom is -0.482 e. The molecule has 0 saturated carbocycles. The first kappa shape index (κ1) is 55.6. The fraction of sp³-hybridized carbons (Fsp3) is 0.0882. The lowest BCUT2D eigenvalue weighted by molar-refractivity contribution is -0.354. The number of carbonyl (C=O) groups excluding carboxylic acids is 2. The predicted octanol–water partition coefficient (Wildman–Crippen LogP) is 14.3. The van der Waals surface area contributed by atoms with Crippen LogP contribution in [0.5, 0.6) is 11.5 Å². The summed E-state index contributed by atoms with van der Waals surface area (Å²) in [6.07, 6.45) is 6.58. The second-order valence-electron chi connectivity index (χ2n) is 21.1. The number of halogens is 5. The average molecular weight is 1200 g/mol. The fourth-order valence-corrected chi connectivity index (χ4v) is 16.1. The first-order valence-electron chi connectivity index (χ1n) is 27.5. The average Bonchev–Trinajstić information content (AvgIpc) is 2.87. The van der Waals surface area contributed by atoms with E-state index >= 15 is 17.3 Å². The first-order chi connectivity index (χ1) is 40.6. The number of alkyl halides is 1. The van der Waals surface area contributed by atoms with Gasteiger partial charge in [0.2, 0.25) is 6.35 Å². The summed E-state index contributed by atoms with van der Waals surface area (Å²) < 4.78 is 80.7. The molecule has 16 heteroatoms. The second-order valence-corrected chi connectivity index (χ2v) is 25.0. The lowest BCUT2D eigenvalue weighted by Gasteiger charge is -2.30. The van der Waals surface area contributed by atoms with Gasteiger partial charge in [-0.25, -0.2) is 0 Å². The number of allylic oxidation sites excluding steroid dienone is 4. The predicted molar refractivity (Wildman–Crippen MR) is 336 cm³/mol. The lowest BCUT2D eigenvalue weighted by Crippen LogP contribution is -2.49. The molecule has 0 amide bonds. The molecular weight excluding hydrogens is 1150 g/mol. The van der Waals surface area contributed by atoms with E-state index in [0.717, 1.165) is 29.1 Å². The number of rotatable bonds is 14. The van der Waals surface area contributed by atoms with Crippen LogP contribution < -0.4 is 25.4 Å². The van der Waals surface area contributed by atoms with Crippen molar-refractivity contribution in [2.45, 2.75) is 27.7 Å². The summed E-state index contributed by atoms with van der Waals surface area (Å²) in [6, 6.07) is 67.2. The Morgan fingerprint density at radius 3 is 1.15 bits per heavy atom. The number of hydrogen-bond acceptors (Lipinski definition) is 4. The third kappa shape index (κ3) is 9.68. The molecule has 0 aliphatic carbocycles. The Morgan fingerprint density at radius 2 is 0.810 bits per heavy atom. The van der Waals surface area contributed by atoms with Gasteiger partial charge in [-0.15, -0.1) is 0 Å². The van der Waals surface area contributed by atoms with E-state index in [1.807, 2.05) is 68.4 Å². The zero-order valence-electron chi connectivity index (χ0n) is 46.3. The molecule has 0 saturated heterocycles. The van der Waals surface area contributed by atoms with Crippen LogP contribution >= 0.6 is 23.2 Å². The summed E-state index contributed by atoms with van der Waals surface area (Å²) in [6.45, 7) is -1.39. The molecule has 9 aromatic rings. The van der Waals surface area contributed by atoms with Crippen molar-refractivity contribution in [2.75, 3.05) is 11.9 Å². The van der Waals surface area contributed by atoms with Gasteiger partial charge in [0, 0.05) is 34.7 Å². The van der Waals surface area contributed by atoms with Gasteiger partial charge in [0.1, 0.15) is 45.4 Å². The highest BCUT2D eigenvalue weighted by Gasteiger charge is 2.56. The molecule has 84 heavy (non-hydrogen) atoms. The number of aryl methyl sites for hydroxylation is 4. The van der Waals surface area contributed by atoms with Gasteiger partial charge >= 0.3 is 13.9 Å². The topological polar surface area (TPSA) is 68.5 Å². The van der Waals surface area contributed by atoms with Crippen LogP contribution in [0.4, 0.5) is 17.3 Å². The van der Waals surface area contributed by atoms with Gasteiger partial charge in [0.25, 0.3) is 0 Å². The summed E-state index contributed by atoms with van der Waals surface area (Å²) in [5, 5.41) is 3.62. The molecule has 0 N–H and O–H groups in total. The Hall–Kier alpha value is -8.90. The number of nitrogens with zero attached hydrogens (tertiary/aromatic N) is 4. The maximum absolute atomic E-state index is 16.4. The van der Waals surface area contributed by atoms with Gasteiger partial charge < -0.3 is 44.7 Å². The molecule has 416 valence electrons. The molecule has 2 aromatic heterocycles. The van der Waals surface area contributed by atoms with Gasteiger partial charge in [-0.2, -0.15) is 0 Å². The molecule has 0 bridgehead atoms. The summed E-state index contributed by atoms with van der Waals surface area (Å²) in [5.74, 6) is 0.674. The number of aromatic nitrogens is 2. The molecule has 4 aliphatic heterocycles. The standard InChI is InChI=1S/C43H35BF2N2O2P.C25H20BBrF2N2O2/c1-31-27-32(2)48-40(31)28-41-42(39(29-47(41)44(48,45)46)43(49)34-15-7-3-8-16-34)33-23-25-35(26-24-33)50-30-51(36-17-9-4-10-18-36,37-19-11-5-12-20-37)38-21-13-6-14-22-38;1-16-12-17(2)31-22(16)13-23-24(18-8-10-20(11-9-18)33-15-27)21(14-30(23)26(31,28)29)25(32)19-6-4-3-5-7-19/h3-29H,30H2,1-2H3;3-14H,15H2,1-2H3/q+1;. The maximum atomic E-state index is 16.4. The molecule has 0 fully saturated rings. The summed E-state index contributed by atoms with van der Waals surface area (Å²) >= 11 is 3.23. The third-order valence-corrected chi connectivity index (χ3v) is 20.3. The fourth-order valence-electron chi connectivity index (χ4n) is 12.1. The molecule has 0 spiro atoms. The molecular formula is C68H55B2BrF4N4O4P+. The summed E-state index contributed by atoms with van der Waals surface area (Å²) in [5.41, 5.74) is 8.00. The minimum absolute atomic E-state index is 0.228. The second kappa shape index (κ2) is 22.4. The minimum atomic E-state index is -4.24. The number of ketones is 2. The molecule has 0 atom stereocenters. The Morgan fingerprint density at radius 1 is 0.476 bits per heavy atom. The van der Waals surface area contributed by atoms with Crippen LogP contribution in [0.2, 0.25) is 0 Å². The van der Waals surface area contributed by atoms with Crippen molar-refractivity contribution in [3.05, 3.63) is 291 Å². The van der Waals surface area contributed by atoms with Gasteiger partial charge in [0.05, 0.1) is 22.3 Å². The van der Waals surface area contributed by atoms with Gasteiger partial charge in [-0.1, -0.05) is 140 Å². The van der Waals surface area contributed by atoms with Crippen LogP contribution in [0.25, 0.3) is 23.3 Å². The van der Waals surface area contributed by atoms with E-state index in [-0.39, 0.29) is 22.7 Å². The maximum Gasteiger partial charge on any atom is 0.737 e. The highest BCUT2D eigenvalue weighted by molar-refractivity contribution is 9.09. The highest BCUT2D eigenvalue weighted by Crippen LogP contribution is 2.55. The van der Waals surface area contributed by atoms with Crippen molar-refractivity contribution in [3.8, 4) is 11.5 Å². The molecule has 4 aliphatic rings. The van der Waals surface area contributed by atoms with E-state index < -0.39 is 21.2 Å². The monoisotopic (exact) mass is 1200 g/mol. The lowest BCUT2D eigenvalue weighted by atomic mass is 9.88. The van der Waals surface area contributed by atoms with Crippen LogP contribution in [0.15, 0.2) is 235 Å². The quantitative estimate of drug-likeness (QED) is 0.0358. The number of hydrogen-bond donors (Lipinski definition) is 0. The normalized spacial score (nSPS) is 15.3. The Labute approximate surface area is 493 Å². The van der Waals surface area contributed by atoms with E-state index in [1.165, 1.54) is 28.3 Å². The van der Waals surface area contributed by atoms with Crippen molar-refractivity contribution in [1.29, 1.82) is 0 Å². The largest absolute Gasteiger partial charge is 0.737 e. The van der Waals surface area contributed by atoms with Crippen LogP contribution in [-0.4, -0.2) is 67.7 Å². The van der Waals surface area contributed by atoms with Crippen LogP contribution in [-0.2, 0) is 0 Å². The zero-order valence-corrected chi connectivity index (χ0v) is 48.8.